The van der Waals surface area contributed by atoms with Crippen LogP contribution in [0.5, 0.6) is 0 Å². The highest BCUT2D eigenvalue weighted by Crippen LogP contribution is 2.23. The molecule has 1 heterocycles. The molecule has 2 N–H and O–H groups in total. The van der Waals surface area contributed by atoms with Crippen LogP contribution in [-0.4, -0.2) is 22.9 Å². The molecule has 0 radical (unpaired) electrons. The van der Waals surface area contributed by atoms with Gasteiger partial charge in [0, 0.05) is 5.92 Å². The summed E-state index contributed by atoms with van der Waals surface area (Å²) in [5.41, 5.74) is 5.97. The molecule has 96 valence electrons. The van der Waals surface area contributed by atoms with Crippen molar-refractivity contribution in [1.82, 2.24) is 10.1 Å². The minimum atomic E-state index is -0.280. The predicted octanol–water partition coefficient (Wildman–Crippen LogP) is 2.15. The maximum Gasteiger partial charge on any atom is 0.229 e. The van der Waals surface area contributed by atoms with E-state index in [4.69, 9.17) is 15.0 Å². The molecule has 1 aliphatic rings. The lowest BCUT2D eigenvalue weighted by Crippen LogP contribution is -2.27. The van der Waals surface area contributed by atoms with Gasteiger partial charge in [-0.2, -0.15) is 4.98 Å². The fourth-order valence-electron chi connectivity index (χ4n) is 1.62. The van der Waals surface area contributed by atoms with Gasteiger partial charge >= 0.3 is 0 Å². The van der Waals surface area contributed by atoms with Crippen molar-refractivity contribution in [2.75, 3.05) is 6.61 Å². The third-order valence-corrected chi connectivity index (χ3v) is 3.39. The van der Waals surface area contributed by atoms with E-state index in [1.54, 1.807) is 0 Å². The summed E-state index contributed by atoms with van der Waals surface area (Å²) in [5.74, 6) is 1.51. The van der Waals surface area contributed by atoms with Gasteiger partial charge in [-0.25, -0.2) is 0 Å². The number of nitrogens with two attached hydrogens (primary N) is 1. The summed E-state index contributed by atoms with van der Waals surface area (Å²) in [6, 6.07) is -0.280. The van der Waals surface area contributed by atoms with Crippen molar-refractivity contribution in [2.45, 2.75) is 57.6 Å². The summed E-state index contributed by atoms with van der Waals surface area (Å²) < 4.78 is 10.8. The molecule has 1 aliphatic carbocycles. The Balaban J connectivity index is 1.85. The summed E-state index contributed by atoms with van der Waals surface area (Å²) in [7, 11) is 0. The van der Waals surface area contributed by atoms with Gasteiger partial charge in [-0.1, -0.05) is 19.0 Å². The van der Waals surface area contributed by atoms with Gasteiger partial charge in [0.2, 0.25) is 5.89 Å². The van der Waals surface area contributed by atoms with Crippen LogP contribution in [0.2, 0.25) is 0 Å². The van der Waals surface area contributed by atoms with E-state index in [1.165, 1.54) is 6.42 Å². The molecular weight excluding hydrogens is 218 g/mol. The third kappa shape index (κ3) is 3.04. The lowest BCUT2D eigenvalue weighted by atomic mass is 9.96. The van der Waals surface area contributed by atoms with Crippen LogP contribution in [0, 0.1) is 0 Å². The summed E-state index contributed by atoms with van der Waals surface area (Å²) >= 11 is 0. The van der Waals surface area contributed by atoms with Crippen molar-refractivity contribution in [2.24, 2.45) is 5.73 Å². The first-order chi connectivity index (χ1) is 8.20. The van der Waals surface area contributed by atoms with Gasteiger partial charge in [0.05, 0.1) is 18.8 Å². The van der Waals surface area contributed by atoms with Crippen LogP contribution >= 0.6 is 0 Å². The van der Waals surface area contributed by atoms with E-state index < -0.39 is 0 Å². The van der Waals surface area contributed by atoms with E-state index in [-0.39, 0.29) is 12.0 Å². The minimum absolute atomic E-state index is 0.280. The maximum absolute atomic E-state index is 5.97. The van der Waals surface area contributed by atoms with Crippen LogP contribution in [0.3, 0.4) is 0 Å². The molecule has 1 aromatic heterocycles. The third-order valence-electron chi connectivity index (χ3n) is 3.39. The molecule has 0 aliphatic heterocycles. The molecule has 1 fully saturated rings. The fraction of sp³-hybridized carbons (Fsp3) is 0.833. The molecule has 1 aromatic rings. The lowest BCUT2D eigenvalue weighted by molar-refractivity contribution is -0.00549. The van der Waals surface area contributed by atoms with E-state index in [1.807, 2.05) is 0 Å². The van der Waals surface area contributed by atoms with Crippen molar-refractivity contribution in [3.63, 3.8) is 0 Å². The predicted molar refractivity (Wildman–Crippen MR) is 63.5 cm³/mol. The standard InChI is InChI=1S/C12H21N3O2/c1-3-8(2)12-14-11(15-17-12)10(13)7-16-9-5-4-6-9/h8-10H,3-7,13H2,1-2H3. The number of nitrogens with zero attached hydrogens (tertiary/aromatic N) is 2. The van der Waals surface area contributed by atoms with Crippen LogP contribution < -0.4 is 5.73 Å². The molecular formula is C12H21N3O2. The Hall–Kier alpha value is -0.940. The zero-order valence-corrected chi connectivity index (χ0v) is 10.6. The highest BCUT2D eigenvalue weighted by Gasteiger charge is 2.22. The van der Waals surface area contributed by atoms with Crippen molar-refractivity contribution >= 4 is 0 Å². The molecule has 0 spiro atoms. The quantitative estimate of drug-likeness (QED) is 0.823. The van der Waals surface area contributed by atoms with Gasteiger partial charge < -0.3 is 15.0 Å². The molecule has 0 aromatic carbocycles. The molecule has 1 saturated carbocycles. The first kappa shape index (κ1) is 12.5. The normalized spacial score (nSPS) is 19.9. The van der Waals surface area contributed by atoms with Crippen molar-refractivity contribution in [3.05, 3.63) is 11.7 Å². The van der Waals surface area contributed by atoms with Gasteiger partial charge in [0.1, 0.15) is 0 Å². The van der Waals surface area contributed by atoms with Crippen LogP contribution in [0.25, 0.3) is 0 Å². The second-order valence-corrected chi connectivity index (χ2v) is 4.79. The van der Waals surface area contributed by atoms with Gasteiger partial charge in [0.25, 0.3) is 0 Å². The van der Waals surface area contributed by atoms with Gasteiger partial charge in [-0.05, 0) is 25.7 Å². The monoisotopic (exact) mass is 239 g/mol. The highest BCUT2D eigenvalue weighted by molar-refractivity contribution is 4.96. The van der Waals surface area contributed by atoms with E-state index in [2.05, 4.69) is 24.0 Å². The van der Waals surface area contributed by atoms with Gasteiger partial charge in [-0.15, -0.1) is 0 Å². The van der Waals surface area contributed by atoms with Crippen LogP contribution in [-0.2, 0) is 4.74 Å². The van der Waals surface area contributed by atoms with Crippen molar-refractivity contribution in [3.8, 4) is 0 Å². The average molecular weight is 239 g/mol. The second kappa shape index (κ2) is 5.60. The van der Waals surface area contributed by atoms with Gasteiger partial charge in [0.15, 0.2) is 5.82 Å². The molecule has 0 saturated heterocycles. The number of aromatic nitrogens is 2. The summed E-state index contributed by atoms with van der Waals surface area (Å²) in [6.45, 7) is 4.63. The Morgan fingerprint density at radius 1 is 1.53 bits per heavy atom. The lowest BCUT2D eigenvalue weighted by Gasteiger charge is -2.26. The summed E-state index contributed by atoms with van der Waals surface area (Å²) in [6.07, 6.45) is 4.94. The number of ether oxygens (including phenoxy) is 1. The first-order valence-corrected chi connectivity index (χ1v) is 6.41. The number of rotatable bonds is 6. The molecule has 5 heteroatoms. The zero-order chi connectivity index (χ0) is 12.3. The largest absolute Gasteiger partial charge is 0.376 e. The second-order valence-electron chi connectivity index (χ2n) is 4.79. The first-order valence-electron chi connectivity index (χ1n) is 6.41. The Morgan fingerprint density at radius 3 is 2.88 bits per heavy atom. The number of hydrogen-bond acceptors (Lipinski definition) is 5. The van der Waals surface area contributed by atoms with Crippen LogP contribution in [0.1, 0.15) is 63.2 Å². The maximum atomic E-state index is 5.97. The molecule has 2 atom stereocenters. The summed E-state index contributed by atoms with van der Waals surface area (Å²) in [4.78, 5) is 4.32. The van der Waals surface area contributed by atoms with Crippen LogP contribution in [0.15, 0.2) is 4.52 Å². The molecule has 2 rings (SSSR count). The van der Waals surface area contributed by atoms with E-state index in [0.29, 0.717) is 24.4 Å². The average Bonchev–Trinajstić information content (AvgIpc) is 2.75. The van der Waals surface area contributed by atoms with E-state index in [9.17, 15) is 0 Å². The Labute approximate surface area is 102 Å². The van der Waals surface area contributed by atoms with Gasteiger partial charge in [-0.3, -0.25) is 0 Å². The molecule has 2 unspecified atom stereocenters. The molecule has 17 heavy (non-hydrogen) atoms. The Kier molecular flexibility index (Phi) is 4.12. The van der Waals surface area contributed by atoms with Crippen molar-refractivity contribution in [1.29, 1.82) is 0 Å². The highest BCUT2D eigenvalue weighted by atomic mass is 16.5. The Bertz CT molecular complexity index is 349. The minimum Gasteiger partial charge on any atom is -0.376 e. The fourth-order valence-corrected chi connectivity index (χ4v) is 1.62. The number of hydrogen-bond donors (Lipinski definition) is 1. The molecule has 0 bridgehead atoms. The van der Waals surface area contributed by atoms with Crippen molar-refractivity contribution < 1.29 is 9.26 Å². The van der Waals surface area contributed by atoms with Crippen LogP contribution in [0.4, 0.5) is 0 Å². The topological polar surface area (TPSA) is 74.2 Å². The van der Waals surface area contributed by atoms with E-state index >= 15 is 0 Å². The SMILES string of the molecule is CCC(C)c1nc(C(N)COC2CCC2)no1. The van der Waals surface area contributed by atoms with E-state index in [0.717, 1.165) is 19.3 Å². The summed E-state index contributed by atoms with van der Waals surface area (Å²) in [5, 5.41) is 3.92. The zero-order valence-electron chi connectivity index (χ0n) is 10.6. The molecule has 5 nitrogen and oxygen atoms in total. The molecule has 0 amide bonds. The smallest absolute Gasteiger partial charge is 0.229 e. The Morgan fingerprint density at radius 2 is 2.29 bits per heavy atom.